The Hall–Kier alpha value is -1.15. The van der Waals surface area contributed by atoms with Crippen LogP contribution in [0.1, 0.15) is 11.3 Å². The van der Waals surface area contributed by atoms with Gasteiger partial charge in [0.05, 0.1) is 5.75 Å². The zero-order valence-electron chi connectivity index (χ0n) is 6.99. The van der Waals surface area contributed by atoms with E-state index >= 15 is 0 Å². The number of para-hydroxylation sites is 1. The van der Waals surface area contributed by atoms with Crippen molar-refractivity contribution >= 4 is 28.8 Å². The molecule has 0 spiro atoms. The van der Waals surface area contributed by atoms with E-state index in [0.717, 1.165) is 17.1 Å². The van der Waals surface area contributed by atoms with Crippen LogP contribution < -0.4 is 0 Å². The number of fused-ring (bicyclic) bond motifs is 3. The smallest absolute Gasteiger partial charge is 0.134 e. The summed E-state index contributed by atoms with van der Waals surface area (Å²) in [4.78, 5) is 0. The van der Waals surface area contributed by atoms with Crippen LogP contribution in [-0.4, -0.2) is 0 Å². The second kappa shape index (κ2) is 2.67. The Morgan fingerprint density at radius 1 is 1.23 bits per heavy atom. The fourth-order valence-corrected chi connectivity index (χ4v) is 2.34. The third-order valence-corrected chi connectivity index (χ3v) is 3.01. The molecular weight excluding hydrogens is 180 g/mol. The molecule has 0 bridgehead atoms. The second-order valence-corrected chi connectivity index (χ2v) is 3.94. The minimum absolute atomic E-state index is 0.959. The van der Waals surface area contributed by atoms with Crippen molar-refractivity contribution in [1.29, 1.82) is 0 Å². The van der Waals surface area contributed by atoms with Crippen LogP contribution in [0.3, 0.4) is 0 Å². The van der Waals surface area contributed by atoms with E-state index in [2.05, 4.69) is 17.6 Å². The van der Waals surface area contributed by atoms with Gasteiger partial charge in [-0.1, -0.05) is 18.2 Å². The van der Waals surface area contributed by atoms with Crippen LogP contribution in [0.4, 0.5) is 0 Å². The quantitative estimate of drug-likeness (QED) is 0.626. The molecule has 0 radical (unpaired) electrons. The lowest BCUT2D eigenvalue weighted by Crippen LogP contribution is -1.82. The van der Waals surface area contributed by atoms with Gasteiger partial charge in [0.2, 0.25) is 0 Å². The summed E-state index contributed by atoms with van der Waals surface area (Å²) in [5.41, 5.74) is 2.26. The summed E-state index contributed by atoms with van der Waals surface area (Å²) in [6.45, 7) is 0. The molecule has 0 atom stereocenters. The van der Waals surface area contributed by atoms with Crippen LogP contribution in [0.2, 0.25) is 0 Å². The molecule has 2 heteroatoms. The highest BCUT2D eigenvalue weighted by Crippen LogP contribution is 2.33. The largest absolute Gasteiger partial charge is 0.460 e. The van der Waals surface area contributed by atoms with Crippen molar-refractivity contribution in [3.05, 3.63) is 41.0 Å². The Morgan fingerprint density at radius 3 is 3.15 bits per heavy atom. The average Bonchev–Trinajstić information content (AvgIpc) is 2.56. The van der Waals surface area contributed by atoms with Crippen LogP contribution >= 0.6 is 11.8 Å². The lowest BCUT2D eigenvalue weighted by molar-refractivity contribution is 0.573. The van der Waals surface area contributed by atoms with Gasteiger partial charge < -0.3 is 4.42 Å². The maximum atomic E-state index is 5.72. The van der Waals surface area contributed by atoms with Crippen LogP contribution in [0.25, 0.3) is 17.0 Å². The lowest BCUT2D eigenvalue weighted by atomic mass is 10.1. The highest BCUT2D eigenvalue weighted by atomic mass is 32.2. The van der Waals surface area contributed by atoms with Crippen LogP contribution in [0.15, 0.2) is 34.1 Å². The van der Waals surface area contributed by atoms with E-state index < -0.39 is 0 Å². The minimum atomic E-state index is 0.959. The maximum absolute atomic E-state index is 5.72. The Morgan fingerprint density at radius 2 is 2.15 bits per heavy atom. The summed E-state index contributed by atoms with van der Waals surface area (Å²) >= 11 is 1.78. The van der Waals surface area contributed by atoms with Crippen molar-refractivity contribution in [3.63, 3.8) is 0 Å². The Bertz CT molecular complexity index is 482. The molecule has 64 valence electrons. The van der Waals surface area contributed by atoms with Crippen molar-refractivity contribution in [2.45, 2.75) is 5.75 Å². The number of hydrogen-bond donors (Lipinski definition) is 0. The molecule has 2 heterocycles. The van der Waals surface area contributed by atoms with Gasteiger partial charge in [0, 0.05) is 10.9 Å². The van der Waals surface area contributed by atoms with Gasteiger partial charge in [-0.05, 0) is 17.6 Å². The lowest BCUT2D eigenvalue weighted by Gasteiger charge is -2.00. The zero-order chi connectivity index (χ0) is 8.67. The van der Waals surface area contributed by atoms with E-state index in [4.69, 9.17) is 4.42 Å². The standard InChI is InChI=1S/C11H8OS/c1-2-4-10-8(3-1)9-5-6-13-7-11(9)12-10/h1-6H,7H2. The molecule has 13 heavy (non-hydrogen) atoms. The van der Waals surface area contributed by atoms with Gasteiger partial charge in [-0.3, -0.25) is 0 Å². The third kappa shape index (κ3) is 1.02. The molecule has 0 saturated heterocycles. The molecule has 1 aliphatic heterocycles. The SMILES string of the molecule is C1=Cc2c(oc3ccccc23)CS1. The summed E-state index contributed by atoms with van der Waals surface area (Å²) in [7, 11) is 0. The first-order valence-corrected chi connectivity index (χ1v) is 5.28. The predicted octanol–water partition coefficient (Wildman–Crippen LogP) is 3.65. The van der Waals surface area contributed by atoms with Gasteiger partial charge in [0.15, 0.2) is 0 Å². The molecule has 1 nitrogen and oxygen atoms in total. The van der Waals surface area contributed by atoms with E-state index in [9.17, 15) is 0 Å². The van der Waals surface area contributed by atoms with Crippen LogP contribution in [0, 0.1) is 0 Å². The number of thioether (sulfide) groups is 1. The molecule has 0 fully saturated rings. The summed E-state index contributed by atoms with van der Waals surface area (Å²) in [6, 6.07) is 8.19. The highest BCUT2D eigenvalue weighted by molar-refractivity contribution is 8.01. The minimum Gasteiger partial charge on any atom is -0.460 e. The first-order valence-electron chi connectivity index (χ1n) is 4.24. The van der Waals surface area contributed by atoms with Gasteiger partial charge in [-0.2, -0.15) is 0 Å². The van der Waals surface area contributed by atoms with E-state index in [0.29, 0.717) is 0 Å². The Labute approximate surface area is 80.4 Å². The number of benzene rings is 1. The first kappa shape index (κ1) is 7.27. The van der Waals surface area contributed by atoms with Crippen molar-refractivity contribution in [2.24, 2.45) is 0 Å². The number of hydrogen-bond acceptors (Lipinski definition) is 2. The summed E-state index contributed by atoms with van der Waals surface area (Å²) in [6.07, 6.45) is 2.13. The predicted molar refractivity (Wildman–Crippen MR) is 56.5 cm³/mol. The molecule has 2 aromatic rings. The molecular formula is C11H8OS. The summed E-state index contributed by atoms with van der Waals surface area (Å²) < 4.78 is 5.72. The van der Waals surface area contributed by atoms with Gasteiger partial charge in [-0.25, -0.2) is 0 Å². The maximum Gasteiger partial charge on any atom is 0.134 e. The molecule has 0 aliphatic carbocycles. The molecule has 0 amide bonds. The first-order chi connectivity index (χ1) is 6.45. The van der Waals surface area contributed by atoms with Crippen molar-refractivity contribution < 1.29 is 4.42 Å². The van der Waals surface area contributed by atoms with Gasteiger partial charge in [-0.15, -0.1) is 11.8 Å². The molecule has 1 aromatic carbocycles. The van der Waals surface area contributed by atoms with Crippen molar-refractivity contribution in [3.8, 4) is 0 Å². The van der Waals surface area contributed by atoms with E-state index in [-0.39, 0.29) is 0 Å². The summed E-state index contributed by atoms with van der Waals surface area (Å²) in [5.74, 6) is 2.06. The number of furan rings is 1. The second-order valence-electron chi connectivity index (χ2n) is 3.05. The molecule has 0 unspecified atom stereocenters. The zero-order valence-corrected chi connectivity index (χ0v) is 7.80. The molecule has 3 rings (SSSR count). The normalized spacial score (nSPS) is 14.8. The topological polar surface area (TPSA) is 13.1 Å². The van der Waals surface area contributed by atoms with Gasteiger partial charge in [0.25, 0.3) is 0 Å². The van der Waals surface area contributed by atoms with E-state index in [1.807, 2.05) is 18.2 Å². The van der Waals surface area contributed by atoms with Crippen LogP contribution in [0.5, 0.6) is 0 Å². The molecule has 1 aromatic heterocycles. The number of rotatable bonds is 0. The molecule has 1 aliphatic rings. The van der Waals surface area contributed by atoms with Crippen molar-refractivity contribution in [2.75, 3.05) is 0 Å². The Balaban J connectivity index is 2.42. The molecule has 0 saturated carbocycles. The van der Waals surface area contributed by atoms with Gasteiger partial charge >= 0.3 is 0 Å². The third-order valence-electron chi connectivity index (χ3n) is 2.26. The average molecular weight is 188 g/mol. The molecule has 0 N–H and O–H groups in total. The van der Waals surface area contributed by atoms with Crippen LogP contribution in [-0.2, 0) is 5.75 Å². The van der Waals surface area contributed by atoms with Gasteiger partial charge in [0.1, 0.15) is 11.3 Å². The monoisotopic (exact) mass is 188 g/mol. The van der Waals surface area contributed by atoms with Crippen molar-refractivity contribution in [1.82, 2.24) is 0 Å². The fraction of sp³-hybridized carbons (Fsp3) is 0.0909. The Kier molecular flexibility index (Phi) is 1.49. The van der Waals surface area contributed by atoms with E-state index in [1.165, 1.54) is 10.9 Å². The van der Waals surface area contributed by atoms with E-state index in [1.54, 1.807) is 11.8 Å². The summed E-state index contributed by atoms with van der Waals surface area (Å²) in [5, 5.41) is 3.36. The highest BCUT2D eigenvalue weighted by Gasteiger charge is 2.13. The fourth-order valence-electron chi connectivity index (χ4n) is 1.65.